The van der Waals surface area contributed by atoms with Crippen molar-refractivity contribution < 1.29 is 14.6 Å². The van der Waals surface area contributed by atoms with Crippen molar-refractivity contribution in [1.82, 2.24) is 40.1 Å². The van der Waals surface area contributed by atoms with E-state index in [1.165, 1.54) is 0 Å². The molecule has 1 aliphatic carbocycles. The van der Waals surface area contributed by atoms with Crippen LogP contribution in [0.2, 0.25) is 0 Å². The van der Waals surface area contributed by atoms with Crippen molar-refractivity contribution in [2.75, 3.05) is 31.7 Å². The van der Waals surface area contributed by atoms with E-state index in [4.69, 9.17) is 9.84 Å². The van der Waals surface area contributed by atoms with Crippen LogP contribution >= 0.6 is 0 Å². The molecule has 1 saturated carbocycles. The molecule has 0 aliphatic heterocycles. The number of ether oxygens (including phenoxy) is 1. The first-order chi connectivity index (χ1) is 18.1. The molecule has 4 aromatic rings. The van der Waals surface area contributed by atoms with Crippen molar-refractivity contribution in [3.63, 3.8) is 0 Å². The third kappa shape index (κ3) is 5.75. The Hall–Kier alpha value is -3.90. The molecule has 12 nitrogen and oxygen atoms in total. The molecular weight excluding hydrogens is 474 g/mol. The lowest BCUT2D eigenvalue weighted by Gasteiger charge is -2.13. The molecule has 1 amide bonds. The molecule has 0 bridgehead atoms. The molecule has 3 aromatic heterocycles. The Kier molecular flexibility index (Phi) is 7.66. The fourth-order valence-electron chi connectivity index (χ4n) is 4.56. The Labute approximate surface area is 214 Å². The zero-order valence-corrected chi connectivity index (χ0v) is 20.7. The number of anilines is 1. The van der Waals surface area contributed by atoms with E-state index in [1.807, 2.05) is 48.3 Å². The van der Waals surface area contributed by atoms with E-state index in [0.29, 0.717) is 43.3 Å². The minimum Gasteiger partial charge on any atom is -0.395 e. The minimum absolute atomic E-state index is 0.0155. The number of nitrogens with zero attached hydrogens (tertiary/aromatic N) is 7. The highest BCUT2D eigenvalue weighted by atomic mass is 16.5. The van der Waals surface area contributed by atoms with Crippen LogP contribution in [0.1, 0.15) is 26.2 Å². The zero-order chi connectivity index (χ0) is 25.6. The van der Waals surface area contributed by atoms with Crippen LogP contribution in [0, 0.1) is 5.92 Å². The molecule has 1 aliphatic rings. The smallest absolute Gasteiger partial charge is 0.225 e. The van der Waals surface area contributed by atoms with Gasteiger partial charge in [0.2, 0.25) is 11.9 Å². The summed E-state index contributed by atoms with van der Waals surface area (Å²) in [5, 5.41) is 27.9. The zero-order valence-electron chi connectivity index (χ0n) is 20.7. The third-order valence-electron chi connectivity index (χ3n) is 6.49. The van der Waals surface area contributed by atoms with Gasteiger partial charge in [-0.05, 0) is 43.9 Å². The Bertz CT molecular complexity index is 1330. The molecule has 12 heteroatoms. The van der Waals surface area contributed by atoms with Crippen LogP contribution in [0.5, 0.6) is 0 Å². The maximum Gasteiger partial charge on any atom is 0.225 e. The normalized spacial score (nSPS) is 17.4. The van der Waals surface area contributed by atoms with Crippen LogP contribution in [0.15, 0.2) is 42.9 Å². The summed E-state index contributed by atoms with van der Waals surface area (Å²) in [6.45, 7) is 4.25. The number of rotatable bonds is 11. The van der Waals surface area contributed by atoms with Gasteiger partial charge in [-0.3, -0.25) is 9.48 Å². The Morgan fingerprint density at radius 2 is 2.05 bits per heavy atom. The topological polar surface area (TPSA) is 145 Å². The van der Waals surface area contributed by atoms with E-state index in [1.54, 1.807) is 10.9 Å². The number of aliphatic hydroxyl groups excluding tert-OH is 1. The maximum atomic E-state index is 12.2. The van der Waals surface area contributed by atoms with Gasteiger partial charge < -0.3 is 20.5 Å². The predicted molar refractivity (Wildman–Crippen MR) is 137 cm³/mol. The molecule has 0 unspecified atom stereocenters. The van der Waals surface area contributed by atoms with E-state index in [9.17, 15) is 4.79 Å². The monoisotopic (exact) mass is 505 g/mol. The van der Waals surface area contributed by atoms with Crippen LogP contribution < -0.4 is 10.6 Å². The van der Waals surface area contributed by atoms with E-state index in [-0.39, 0.29) is 31.0 Å². The van der Waals surface area contributed by atoms with E-state index >= 15 is 0 Å². The minimum atomic E-state index is -0.0738. The maximum absolute atomic E-state index is 12.2. The molecule has 0 saturated heterocycles. The molecule has 194 valence electrons. The second-order valence-electron chi connectivity index (χ2n) is 9.01. The van der Waals surface area contributed by atoms with Crippen LogP contribution in [0.4, 0.5) is 5.95 Å². The van der Waals surface area contributed by atoms with Crippen LogP contribution in [0.25, 0.3) is 28.0 Å². The SMILES string of the molecule is CCOCCn1cc(-c2ccc(-n3nnc4cnc(N[C@@H]5CC[C@@H](C(=O)NCCO)C5)nc43)cc2)cn1. The highest BCUT2D eigenvalue weighted by Gasteiger charge is 2.30. The first-order valence-electron chi connectivity index (χ1n) is 12.6. The van der Waals surface area contributed by atoms with Crippen LogP contribution in [-0.4, -0.2) is 78.2 Å². The van der Waals surface area contributed by atoms with Gasteiger partial charge in [0.25, 0.3) is 0 Å². The number of hydrogen-bond donors (Lipinski definition) is 3. The van der Waals surface area contributed by atoms with Crippen molar-refractivity contribution in [3.05, 3.63) is 42.9 Å². The van der Waals surface area contributed by atoms with Gasteiger partial charge in [0.1, 0.15) is 0 Å². The molecule has 5 rings (SSSR count). The fourth-order valence-corrected chi connectivity index (χ4v) is 4.56. The number of aromatic nitrogens is 7. The van der Waals surface area contributed by atoms with Gasteiger partial charge in [0, 0.05) is 36.9 Å². The van der Waals surface area contributed by atoms with Crippen molar-refractivity contribution in [1.29, 1.82) is 0 Å². The predicted octanol–water partition coefficient (Wildman–Crippen LogP) is 1.80. The number of fused-ring (bicyclic) bond motifs is 1. The lowest BCUT2D eigenvalue weighted by molar-refractivity contribution is -0.124. The van der Waals surface area contributed by atoms with Crippen molar-refractivity contribution in [3.8, 4) is 16.8 Å². The third-order valence-corrected chi connectivity index (χ3v) is 6.49. The van der Waals surface area contributed by atoms with Gasteiger partial charge in [0.15, 0.2) is 11.2 Å². The summed E-state index contributed by atoms with van der Waals surface area (Å²) >= 11 is 0. The van der Waals surface area contributed by atoms with Gasteiger partial charge in [-0.25, -0.2) is 4.98 Å². The van der Waals surface area contributed by atoms with Crippen molar-refractivity contribution >= 4 is 23.0 Å². The first-order valence-corrected chi connectivity index (χ1v) is 12.6. The number of aliphatic hydroxyl groups is 1. The molecule has 3 N–H and O–H groups in total. The summed E-state index contributed by atoms with van der Waals surface area (Å²) in [6, 6.07) is 8.09. The van der Waals surface area contributed by atoms with Crippen molar-refractivity contribution in [2.24, 2.45) is 5.92 Å². The molecule has 1 aromatic carbocycles. The largest absolute Gasteiger partial charge is 0.395 e. The van der Waals surface area contributed by atoms with Gasteiger partial charge in [0.05, 0.1) is 37.8 Å². The van der Waals surface area contributed by atoms with E-state index in [2.05, 4.69) is 36.0 Å². The Morgan fingerprint density at radius 1 is 1.19 bits per heavy atom. The first kappa shape index (κ1) is 24.8. The van der Waals surface area contributed by atoms with Gasteiger partial charge in [-0.2, -0.15) is 14.8 Å². The molecule has 37 heavy (non-hydrogen) atoms. The average Bonchev–Trinajstić information content (AvgIpc) is 3.68. The van der Waals surface area contributed by atoms with Gasteiger partial charge >= 0.3 is 0 Å². The summed E-state index contributed by atoms with van der Waals surface area (Å²) in [4.78, 5) is 21.3. The number of nitrogens with one attached hydrogen (secondary N) is 2. The highest BCUT2D eigenvalue weighted by Crippen LogP contribution is 2.28. The fraction of sp³-hybridized carbons (Fsp3) is 0.440. The van der Waals surface area contributed by atoms with Crippen LogP contribution in [-0.2, 0) is 16.1 Å². The molecule has 0 spiro atoms. The average molecular weight is 506 g/mol. The quantitative estimate of drug-likeness (QED) is 0.260. The number of amides is 1. The summed E-state index contributed by atoms with van der Waals surface area (Å²) in [6.07, 6.45) is 7.84. The van der Waals surface area contributed by atoms with Crippen LogP contribution in [0.3, 0.4) is 0 Å². The lowest BCUT2D eigenvalue weighted by Crippen LogP contribution is -2.32. The summed E-state index contributed by atoms with van der Waals surface area (Å²) in [5.41, 5.74) is 4.11. The molecule has 2 atom stereocenters. The van der Waals surface area contributed by atoms with Gasteiger partial charge in [-0.1, -0.05) is 17.3 Å². The summed E-state index contributed by atoms with van der Waals surface area (Å²) in [7, 11) is 0. The van der Waals surface area contributed by atoms with Gasteiger partial charge in [-0.15, -0.1) is 5.10 Å². The Morgan fingerprint density at radius 3 is 2.86 bits per heavy atom. The molecule has 1 fully saturated rings. The standard InChI is InChI=1S/C25H31N9O3/c1-2-37-12-10-33-16-19(14-28-33)17-4-7-21(8-5-17)34-23-22(31-32-34)15-27-25(30-23)29-20-6-3-18(13-20)24(36)26-9-11-35/h4-5,7-8,14-16,18,20,35H,2-3,6,9-13H2,1H3,(H,26,36)(H,27,29,30)/t18-,20-/m1/s1. The Balaban J connectivity index is 1.27. The van der Waals surface area contributed by atoms with E-state index in [0.717, 1.165) is 29.7 Å². The van der Waals surface area contributed by atoms with E-state index < -0.39 is 0 Å². The highest BCUT2D eigenvalue weighted by molar-refractivity contribution is 5.79. The summed E-state index contributed by atoms with van der Waals surface area (Å²) < 4.78 is 8.97. The number of hydrogen-bond acceptors (Lipinski definition) is 9. The number of carbonyl (C=O) groups excluding carboxylic acids is 1. The molecule has 3 heterocycles. The lowest BCUT2D eigenvalue weighted by atomic mass is 10.1. The second-order valence-corrected chi connectivity index (χ2v) is 9.01. The second kappa shape index (κ2) is 11.4. The molecule has 0 radical (unpaired) electrons. The van der Waals surface area contributed by atoms with Crippen molar-refractivity contribution in [2.45, 2.75) is 38.8 Å². The number of benzene rings is 1. The molecular formula is C25H31N9O3. The number of carbonyl (C=O) groups is 1. The summed E-state index contributed by atoms with van der Waals surface area (Å²) in [5.74, 6) is 0.391.